The summed E-state index contributed by atoms with van der Waals surface area (Å²) < 4.78 is 11.5. The number of amides is 2. The van der Waals surface area contributed by atoms with Crippen molar-refractivity contribution in [2.24, 2.45) is 5.92 Å². The molecule has 9 nitrogen and oxygen atoms in total. The van der Waals surface area contributed by atoms with E-state index < -0.39 is 0 Å². The molecule has 1 aliphatic heterocycles. The molecule has 2 amide bonds. The minimum Gasteiger partial charge on any atom is -0.494 e. The number of benzene rings is 2. The molecule has 5 rings (SSSR count). The van der Waals surface area contributed by atoms with E-state index in [9.17, 15) is 14.4 Å². The van der Waals surface area contributed by atoms with Crippen molar-refractivity contribution in [3.8, 4) is 16.9 Å². The average molecular weight is 629 g/mol. The summed E-state index contributed by atoms with van der Waals surface area (Å²) in [5, 5.41) is 2.97. The fraction of sp³-hybridized carbons (Fsp3) is 0.486. The molecule has 0 atom stereocenters. The summed E-state index contributed by atoms with van der Waals surface area (Å²) in [7, 11) is 0. The van der Waals surface area contributed by atoms with Gasteiger partial charge in [0.2, 0.25) is 5.91 Å². The number of hydrogen-bond acceptors (Lipinski definition) is 6. The average Bonchev–Trinajstić information content (AvgIpc) is 3.60. The van der Waals surface area contributed by atoms with E-state index >= 15 is 0 Å². The molecule has 1 aromatic heterocycles. The summed E-state index contributed by atoms with van der Waals surface area (Å²) in [4.78, 5) is 47.1. The van der Waals surface area contributed by atoms with Gasteiger partial charge < -0.3 is 24.7 Å². The number of anilines is 1. The smallest absolute Gasteiger partial charge is 0.253 e. The molecular formula is C37H48N4O5. The number of nitrogens with one attached hydrogen (secondary N) is 2. The molecule has 0 bridgehead atoms. The summed E-state index contributed by atoms with van der Waals surface area (Å²) >= 11 is 0. The topological polar surface area (TPSA) is 104 Å². The first-order chi connectivity index (χ1) is 22.2. The van der Waals surface area contributed by atoms with Gasteiger partial charge in [-0.05, 0) is 99.5 Å². The van der Waals surface area contributed by atoms with Crippen molar-refractivity contribution in [1.29, 1.82) is 0 Å². The van der Waals surface area contributed by atoms with Crippen LogP contribution in [0, 0.1) is 26.7 Å². The number of H-pyrrole nitrogens is 1. The van der Waals surface area contributed by atoms with E-state index in [1.807, 2.05) is 75.1 Å². The standard InChI is InChI=1S/C37H48N4O5/c1-5-41(37(44)29-9-6-7-10-29)34-23-30(28-11-13-31(14-12-28)46-18-8-15-40-16-19-45-20-17-40)22-32(27(34)4)35(42)38-24-33-25(2)21-26(3)39-36(33)43/h11-14,21-23,29H,5-10,15-20,24H2,1-4H3,(H,38,42)(H,39,43). The minimum atomic E-state index is -0.287. The van der Waals surface area contributed by atoms with E-state index in [2.05, 4.69) is 15.2 Å². The van der Waals surface area contributed by atoms with Crippen LogP contribution in [0.25, 0.3) is 11.1 Å². The SMILES string of the molecule is CCN(C(=O)C1CCCC1)c1cc(-c2ccc(OCCCN3CCOCC3)cc2)cc(C(=O)NCc2c(C)cc(C)[nH]c2=O)c1C. The number of aromatic nitrogens is 1. The summed E-state index contributed by atoms with van der Waals surface area (Å²) in [6, 6.07) is 13.7. The van der Waals surface area contributed by atoms with Gasteiger partial charge in [0.1, 0.15) is 5.75 Å². The number of carbonyl (C=O) groups is 2. The zero-order chi connectivity index (χ0) is 32.6. The first-order valence-electron chi connectivity index (χ1n) is 16.7. The predicted molar refractivity (Wildman–Crippen MR) is 182 cm³/mol. The molecule has 3 aromatic rings. The third-order valence-corrected chi connectivity index (χ3v) is 9.30. The Morgan fingerprint density at radius 2 is 1.74 bits per heavy atom. The molecule has 2 heterocycles. The molecule has 46 heavy (non-hydrogen) atoms. The Morgan fingerprint density at radius 3 is 2.41 bits per heavy atom. The second-order valence-corrected chi connectivity index (χ2v) is 12.5. The zero-order valence-corrected chi connectivity index (χ0v) is 27.7. The molecule has 246 valence electrons. The third kappa shape index (κ3) is 8.06. The fourth-order valence-corrected chi connectivity index (χ4v) is 6.63. The molecule has 2 aliphatic rings. The lowest BCUT2D eigenvalue weighted by Crippen LogP contribution is -2.37. The van der Waals surface area contributed by atoms with Gasteiger partial charge in [-0.3, -0.25) is 19.3 Å². The number of aryl methyl sites for hydroxylation is 2. The highest BCUT2D eigenvalue weighted by Crippen LogP contribution is 2.35. The van der Waals surface area contributed by atoms with Gasteiger partial charge in [-0.2, -0.15) is 0 Å². The molecule has 1 saturated heterocycles. The summed E-state index contributed by atoms with van der Waals surface area (Å²) in [6.07, 6.45) is 4.89. The van der Waals surface area contributed by atoms with Crippen LogP contribution in [0.3, 0.4) is 0 Å². The number of rotatable bonds is 12. The largest absolute Gasteiger partial charge is 0.494 e. The van der Waals surface area contributed by atoms with Crippen molar-refractivity contribution >= 4 is 17.5 Å². The van der Waals surface area contributed by atoms with E-state index in [1.54, 1.807) is 0 Å². The lowest BCUT2D eigenvalue weighted by Gasteiger charge is -2.28. The van der Waals surface area contributed by atoms with Crippen molar-refractivity contribution in [1.82, 2.24) is 15.2 Å². The van der Waals surface area contributed by atoms with Crippen LogP contribution in [0.1, 0.15) is 71.8 Å². The Morgan fingerprint density at radius 1 is 1.02 bits per heavy atom. The lowest BCUT2D eigenvalue weighted by atomic mass is 9.95. The number of morpholine rings is 1. The van der Waals surface area contributed by atoms with Crippen LogP contribution in [0.5, 0.6) is 5.75 Å². The summed E-state index contributed by atoms with van der Waals surface area (Å²) in [5.41, 5.74) is 5.66. The molecule has 0 spiro atoms. The number of hydrogen-bond donors (Lipinski definition) is 2. The molecule has 9 heteroatoms. The predicted octanol–water partition coefficient (Wildman–Crippen LogP) is 5.54. The van der Waals surface area contributed by atoms with Gasteiger partial charge in [0.15, 0.2) is 0 Å². The molecule has 1 saturated carbocycles. The molecule has 1 aliphatic carbocycles. The Bertz CT molecular complexity index is 1570. The van der Waals surface area contributed by atoms with Crippen molar-refractivity contribution in [2.45, 2.75) is 66.3 Å². The molecule has 0 radical (unpaired) electrons. The van der Waals surface area contributed by atoms with Gasteiger partial charge >= 0.3 is 0 Å². The van der Waals surface area contributed by atoms with Gasteiger partial charge in [-0.1, -0.05) is 25.0 Å². The minimum absolute atomic E-state index is 0.0104. The van der Waals surface area contributed by atoms with E-state index in [0.717, 1.165) is 104 Å². The van der Waals surface area contributed by atoms with E-state index in [0.29, 0.717) is 24.3 Å². The summed E-state index contributed by atoms with van der Waals surface area (Å²) in [5.74, 6) is 0.635. The van der Waals surface area contributed by atoms with Crippen LogP contribution in [0.2, 0.25) is 0 Å². The molecule has 2 aromatic carbocycles. The molecule has 2 N–H and O–H groups in total. The summed E-state index contributed by atoms with van der Waals surface area (Å²) in [6.45, 7) is 13.4. The van der Waals surface area contributed by atoms with Gasteiger partial charge in [0, 0.05) is 61.1 Å². The van der Waals surface area contributed by atoms with Crippen LogP contribution < -0.4 is 20.5 Å². The van der Waals surface area contributed by atoms with Crippen LogP contribution in [0.15, 0.2) is 47.3 Å². The van der Waals surface area contributed by atoms with Gasteiger partial charge in [0.05, 0.1) is 19.8 Å². The monoisotopic (exact) mass is 628 g/mol. The number of ether oxygens (including phenoxy) is 2. The second kappa shape index (κ2) is 15.6. The highest BCUT2D eigenvalue weighted by atomic mass is 16.5. The van der Waals surface area contributed by atoms with Gasteiger partial charge in [0.25, 0.3) is 11.5 Å². The molecule has 0 unspecified atom stereocenters. The highest BCUT2D eigenvalue weighted by Gasteiger charge is 2.29. The highest BCUT2D eigenvalue weighted by molar-refractivity contribution is 6.02. The van der Waals surface area contributed by atoms with E-state index in [1.165, 1.54) is 0 Å². The Kier molecular flexibility index (Phi) is 11.3. The third-order valence-electron chi connectivity index (χ3n) is 9.30. The second-order valence-electron chi connectivity index (χ2n) is 12.5. The maximum Gasteiger partial charge on any atom is 0.253 e. The number of carbonyl (C=O) groups excluding carboxylic acids is 2. The van der Waals surface area contributed by atoms with Crippen molar-refractivity contribution in [3.63, 3.8) is 0 Å². The first kappa shape index (κ1) is 33.4. The van der Waals surface area contributed by atoms with E-state index in [4.69, 9.17) is 9.47 Å². The maximum absolute atomic E-state index is 13.8. The number of pyridine rings is 1. The molecular weight excluding hydrogens is 580 g/mol. The lowest BCUT2D eigenvalue weighted by molar-refractivity contribution is -0.122. The zero-order valence-electron chi connectivity index (χ0n) is 27.7. The Hall–Kier alpha value is -3.95. The van der Waals surface area contributed by atoms with Crippen molar-refractivity contribution in [3.05, 3.63) is 80.8 Å². The van der Waals surface area contributed by atoms with Crippen LogP contribution in [-0.2, 0) is 16.1 Å². The van der Waals surface area contributed by atoms with Crippen molar-refractivity contribution < 1.29 is 19.1 Å². The van der Waals surface area contributed by atoms with Gasteiger partial charge in [-0.15, -0.1) is 0 Å². The fourth-order valence-electron chi connectivity index (χ4n) is 6.63. The number of nitrogens with zero attached hydrogens (tertiary/aromatic N) is 2. The number of aromatic amines is 1. The van der Waals surface area contributed by atoms with Crippen molar-refractivity contribution in [2.75, 3.05) is 50.9 Å². The maximum atomic E-state index is 13.8. The van der Waals surface area contributed by atoms with Crippen LogP contribution >= 0.6 is 0 Å². The normalized spacial score (nSPS) is 15.6. The van der Waals surface area contributed by atoms with Gasteiger partial charge in [-0.25, -0.2) is 0 Å². The Balaban J connectivity index is 1.38. The first-order valence-corrected chi connectivity index (χ1v) is 16.7. The quantitative estimate of drug-likeness (QED) is 0.255. The van der Waals surface area contributed by atoms with Crippen LogP contribution in [0.4, 0.5) is 5.69 Å². The van der Waals surface area contributed by atoms with Crippen LogP contribution in [-0.4, -0.2) is 67.7 Å². The Labute approximate surface area is 272 Å². The van der Waals surface area contributed by atoms with E-state index in [-0.39, 0.29) is 29.8 Å². The molecule has 2 fully saturated rings.